The van der Waals surface area contributed by atoms with Gasteiger partial charge in [-0.1, -0.05) is 36.4 Å². The summed E-state index contributed by atoms with van der Waals surface area (Å²) < 4.78 is 23.2. The smallest absolute Gasteiger partial charge is 0.301 e. The van der Waals surface area contributed by atoms with Crippen molar-refractivity contribution in [2.45, 2.75) is 19.6 Å². The molecular weight excluding hydrogens is 544 g/mol. The largest absolute Gasteiger partial charge is 0.507 e. The molecule has 1 saturated heterocycles. The Balaban J connectivity index is 1.44. The summed E-state index contributed by atoms with van der Waals surface area (Å²) in [4.78, 5) is 32.5. The molecule has 208 valence electrons. The first-order valence-corrected chi connectivity index (χ1v) is 14.0. The molecule has 9 nitrogen and oxygen atoms in total. The fourth-order valence-electron chi connectivity index (χ4n) is 4.84. The summed E-state index contributed by atoms with van der Waals surface area (Å²) >= 11 is 1.22. The molecule has 1 amide bonds. The van der Waals surface area contributed by atoms with Crippen molar-refractivity contribution in [1.29, 1.82) is 0 Å². The molecule has 1 N–H and O–H groups in total. The summed E-state index contributed by atoms with van der Waals surface area (Å²) in [5.41, 5.74) is 1.80. The third-order valence-electron chi connectivity index (χ3n) is 6.71. The summed E-state index contributed by atoms with van der Waals surface area (Å²) in [7, 11) is 0. The van der Waals surface area contributed by atoms with Gasteiger partial charge in [0.05, 0.1) is 18.2 Å². The number of rotatable bonds is 8. The van der Waals surface area contributed by atoms with Crippen LogP contribution >= 0.6 is 11.3 Å². The Morgan fingerprint density at radius 1 is 1.00 bits per heavy atom. The lowest BCUT2D eigenvalue weighted by atomic mass is 9.95. The molecule has 1 atom stereocenters. The van der Waals surface area contributed by atoms with Crippen LogP contribution in [0.1, 0.15) is 29.7 Å². The van der Waals surface area contributed by atoms with Crippen LogP contribution in [0.15, 0.2) is 83.9 Å². The lowest BCUT2D eigenvalue weighted by Gasteiger charge is -2.24. The number of amides is 1. The maximum absolute atomic E-state index is 13.5. The second-order valence-electron chi connectivity index (χ2n) is 9.26. The molecule has 1 aromatic heterocycles. The van der Waals surface area contributed by atoms with Crippen molar-refractivity contribution < 1.29 is 33.6 Å². The van der Waals surface area contributed by atoms with Gasteiger partial charge in [0.25, 0.3) is 5.78 Å². The van der Waals surface area contributed by atoms with E-state index in [9.17, 15) is 14.7 Å². The highest BCUT2D eigenvalue weighted by atomic mass is 32.1. The number of aliphatic hydroxyl groups excluding tert-OH is 1. The predicted molar refractivity (Wildman–Crippen MR) is 153 cm³/mol. The van der Waals surface area contributed by atoms with E-state index in [-0.39, 0.29) is 11.3 Å². The number of hydrogen-bond donors (Lipinski definition) is 1. The first-order chi connectivity index (χ1) is 20.0. The van der Waals surface area contributed by atoms with Gasteiger partial charge in [0.2, 0.25) is 0 Å². The van der Waals surface area contributed by atoms with Crippen molar-refractivity contribution in [1.82, 2.24) is 4.98 Å². The quantitative estimate of drug-likeness (QED) is 0.168. The van der Waals surface area contributed by atoms with Crippen LogP contribution in [0.5, 0.6) is 23.0 Å². The van der Waals surface area contributed by atoms with Crippen molar-refractivity contribution in [2.75, 3.05) is 24.7 Å². The third-order valence-corrected chi connectivity index (χ3v) is 7.48. The summed E-state index contributed by atoms with van der Waals surface area (Å²) in [6.45, 7) is 3.35. The average molecular weight is 571 g/mol. The molecule has 0 spiro atoms. The van der Waals surface area contributed by atoms with Crippen LogP contribution in [0.4, 0.5) is 5.13 Å². The maximum atomic E-state index is 13.5. The highest BCUT2D eigenvalue weighted by molar-refractivity contribution is 7.14. The average Bonchev–Trinajstić information content (AvgIpc) is 3.63. The van der Waals surface area contributed by atoms with Crippen molar-refractivity contribution in [3.05, 3.63) is 101 Å². The first kappa shape index (κ1) is 26.4. The summed E-state index contributed by atoms with van der Waals surface area (Å²) in [6, 6.07) is 18.9. The van der Waals surface area contributed by atoms with E-state index in [1.165, 1.54) is 16.2 Å². The number of aliphatic hydroxyl groups is 1. The molecule has 2 aliphatic rings. The molecule has 41 heavy (non-hydrogen) atoms. The molecule has 0 aliphatic carbocycles. The standard InChI is InChI=1S/C31H26N2O7S/c1-2-37-24-16-20(8-10-23(24)40-18-19-6-4-3-5-7-19)27-26(29(35)30(36)33(27)31-32-12-15-41-31)28(34)21-9-11-22-25(17-21)39-14-13-38-22/h3-12,15-17,27,34H,2,13-14,18H2,1H3. The predicted octanol–water partition coefficient (Wildman–Crippen LogP) is 5.52. The zero-order valence-corrected chi connectivity index (χ0v) is 22.9. The fourth-order valence-corrected chi connectivity index (χ4v) is 5.51. The number of anilines is 1. The third kappa shape index (κ3) is 5.09. The van der Waals surface area contributed by atoms with E-state index in [1.54, 1.807) is 48.0 Å². The van der Waals surface area contributed by atoms with E-state index in [2.05, 4.69) is 4.98 Å². The number of ether oxygens (including phenoxy) is 4. The van der Waals surface area contributed by atoms with Gasteiger partial charge < -0.3 is 24.1 Å². The zero-order valence-electron chi connectivity index (χ0n) is 22.1. The lowest BCUT2D eigenvalue weighted by Crippen LogP contribution is -2.29. The van der Waals surface area contributed by atoms with Crippen molar-refractivity contribution in [3.63, 3.8) is 0 Å². The minimum Gasteiger partial charge on any atom is -0.507 e. The molecule has 3 aromatic carbocycles. The number of aromatic nitrogens is 1. The second kappa shape index (κ2) is 11.3. The van der Waals surface area contributed by atoms with Gasteiger partial charge in [0.15, 0.2) is 28.1 Å². The number of Topliss-reactive ketones (excluding diaryl/α,β-unsaturated/α-hetero) is 1. The van der Waals surface area contributed by atoms with Gasteiger partial charge >= 0.3 is 5.91 Å². The Bertz CT molecular complexity index is 1620. The fraction of sp³-hybridized carbons (Fsp3) is 0.194. The van der Waals surface area contributed by atoms with E-state index >= 15 is 0 Å². The first-order valence-electron chi connectivity index (χ1n) is 13.1. The molecule has 3 heterocycles. The van der Waals surface area contributed by atoms with Crippen LogP contribution in [0.25, 0.3) is 5.76 Å². The molecule has 6 rings (SSSR count). The summed E-state index contributed by atoms with van der Waals surface area (Å²) in [6.07, 6.45) is 1.56. The number of ketones is 1. The zero-order chi connectivity index (χ0) is 28.3. The van der Waals surface area contributed by atoms with Gasteiger partial charge in [-0.05, 0) is 48.4 Å². The summed E-state index contributed by atoms with van der Waals surface area (Å²) in [5.74, 6) is 0.0187. The van der Waals surface area contributed by atoms with E-state index in [4.69, 9.17) is 18.9 Å². The number of thiazole rings is 1. The van der Waals surface area contributed by atoms with Crippen LogP contribution in [0.2, 0.25) is 0 Å². The molecule has 2 aliphatic heterocycles. The van der Waals surface area contributed by atoms with E-state index in [0.29, 0.717) is 65.7 Å². The number of hydrogen-bond acceptors (Lipinski definition) is 9. The highest BCUT2D eigenvalue weighted by Crippen LogP contribution is 2.45. The van der Waals surface area contributed by atoms with Gasteiger partial charge in [-0.2, -0.15) is 0 Å². The Hall–Kier alpha value is -4.83. The van der Waals surface area contributed by atoms with Gasteiger partial charge in [-0.15, -0.1) is 11.3 Å². The van der Waals surface area contributed by atoms with E-state index in [1.807, 2.05) is 37.3 Å². The summed E-state index contributed by atoms with van der Waals surface area (Å²) in [5, 5.41) is 13.6. The minimum absolute atomic E-state index is 0.0673. The molecule has 0 bridgehead atoms. The van der Waals surface area contributed by atoms with E-state index in [0.717, 1.165) is 5.56 Å². The normalized spacial score (nSPS) is 17.5. The van der Waals surface area contributed by atoms with Crippen LogP contribution < -0.4 is 23.8 Å². The van der Waals surface area contributed by atoms with Crippen LogP contribution in [0, 0.1) is 0 Å². The van der Waals surface area contributed by atoms with E-state index < -0.39 is 17.7 Å². The monoisotopic (exact) mass is 570 g/mol. The molecule has 10 heteroatoms. The molecular formula is C31H26N2O7S. The van der Waals surface area contributed by atoms with Crippen LogP contribution in [-0.4, -0.2) is 41.6 Å². The van der Waals surface area contributed by atoms with Crippen LogP contribution in [-0.2, 0) is 16.2 Å². The van der Waals surface area contributed by atoms with Gasteiger partial charge in [-0.25, -0.2) is 4.98 Å². The maximum Gasteiger partial charge on any atom is 0.301 e. The Morgan fingerprint density at radius 3 is 2.56 bits per heavy atom. The number of carbonyl (C=O) groups is 2. The molecule has 0 radical (unpaired) electrons. The lowest BCUT2D eigenvalue weighted by molar-refractivity contribution is -0.132. The minimum atomic E-state index is -0.961. The van der Waals surface area contributed by atoms with Crippen molar-refractivity contribution in [2.24, 2.45) is 0 Å². The van der Waals surface area contributed by atoms with Crippen molar-refractivity contribution >= 4 is 33.9 Å². The second-order valence-corrected chi connectivity index (χ2v) is 10.1. The van der Waals surface area contributed by atoms with Gasteiger partial charge in [-0.3, -0.25) is 14.5 Å². The van der Waals surface area contributed by atoms with Crippen molar-refractivity contribution in [3.8, 4) is 23.0 Å². The highest BCUT2D eigenvalue weighted by Gasteiger charge is 2.48. The number of fused-ring (bicyclic) bond motifs is 1. The molecule has 4 aromatic rings. The Morgan fingerprint density at radius 2 is 1.80 bits per heavy atom. The number of nitrogens with zero attached hydrogens (tertiary/aromatic N) is 2. The molecule has 0 saturated carbocycles. The van der Waals surface area contributed by atoms with Gasteiger partial charge in [0, 0.05) is 17.1 Å². The number of carbonyl (C=O) groups excluding carboxylic acids is 2. The Labute approximate surface area is 240 Å². The topological polar surface area (TPSA) is 107 Å². The van der Waals surface area contributed by atoms with Crippen LogP contribution in [0.3, 0.4) is 0 Å². The number of benzene rings is 3. The molecule has 1 unspecified atom stereocenters. The van der Waals surface area contributed by atoms with Gasteiger partial charge in [0.1, 0.15) is 25.6 Å². The molecule has 1 fully saturated rings. The SMILES string of the molecule is CCOc1cc(C2C(=C(O)c3ccc4c(c3)OCCO4)C(=O)C(=O)N2c2nccs2)ccc1OCc1ccccc1. The Kier molecular flexibility index (Phi) is 7.30.